The minimum Gasteiger partial charge on any atom is -0.495 e. The second-order valence-corrected chi connectivity index (χ2v) is 6.96. The zero-order valence-corrected chi connectivity index (χ0v) is 17.3. The largest absolute Gasteiger partial charge is 0.495 e. The van der Waals surface area contributed by atoms with Gasteiger partial charge in [-0.2, -0.15) is 5.10 Å². The summed E-state index contributed by atoms with van der Waals surface area (Å²) in [7, 11) is 4.85. The van der Waals surface area contributed by atoms with Crippen molar-refractivity contribution in [3.05, 3.63) is 40.8 Å². The number of halogens is 2. The lowest BCUT2D eigenvalue weighted by Crippen LogP contribution is -1.99. The molecule has 8 nitrogen and oxygen atoms in total. The van der Waals surface area contributed by atoms with Gasteiger partial charge < -0.3 is 15.2 Å². The van der Waals surface area contributed by atoms with E-state index in [1.54, 1.807) is 29.2 Å². The number of aromatic nitrogens is 5. The molecule has 2 N–H and O–H groups in total. The van der Waals surface area contributed by atoms with Crippen LogP contribution in [0.2, 0.25) is 10.0 Å². The molecule has 1 aromatic carbocycles. The number of aryl methyl sites for hydroxylation is 1. The predicted octanol–water partition coefficient (Wildman–Crippen LogP) is 4.00. The van der Waals surface area contributed by atoms with E-state index in [1.165, 1.54) is 14.2 Å². The van der Waals surface area contributed by atoms with E-state index in [4.69, 9.17) is 43.4 Å². The molecule has 29 heavy (non-hydrogen) atoms. The molecule has 0 amide bonds. The lowest BCUT2D eigenvalue weighted by Gasteiger charge is -2.15. The van der Waals surface area contributed by atoms with Gasteiger partial charge in [-0.3, -0.25) is 4.68 Å². The number of nitrogens with zero attached hydrogens (tertiary/aromatic N) is 5. The molecule has 0 saturated carbocycles. The minimum atomic E-state index is 0.149. The molecule has 0 unspecified atom stereocenters. The number of methoxy groups -OCH3 is 2. The molecule has 0 saturated heterocycles. The third-order valence-electron chi connectivity index (χ3n) is 4.39. The SMILES string of the molecule is COc1cc(OC)c(Cl)c(-c2cc3cnc(N)nc3c(-c3cnn(C)c3)n2)c1Cl. The van der Waals surface area contributed by atoms with Crippen LogP contribution in [0.3, 0.4) is 0 Å². The van der Waals surface area contributed by atoms with E-state index < -0.39 is 0 Å². The Bertz CT molecular complexity index is 1210. The summed E-state index contributed by atoms with van der Waals surface area (Å²) < 4.78 is 12.4. The fourth-order valence-corrected chi connectivity index (χ4v) is 3.73. The highest BCUT2D eigenvalue weighted by Crippen LogP contribution is 2.46. The van der Waals surface area contributed by atoms with Gasteiger partial charge in [0.2, 0.25) is 5.95 Å². The van der Waals surface area contributed by atoms with Gasteiger partial charge in [0.25, 0.3) is 0 Å². The Hall–Kier alpha value is -3.10. The molecule has 10 heteroatoms. The quantitative estimate of drug-likeness (QED) is 0.521. The Morgan fingerprint density at radius 3 is 2.28 bits per heavy atom. The van der Waals surface area contributed by atoms with Crippen LogP contribution in [0, 0.1) is 0 Å². The van der Waals surface area contributed by atoms with E-state index in [9.17, 15) is 0 Å². The Balaban J connectivity index is 2.08. The maximum absolute atomic E-state index is 6.58. The van der Waals surface area contributed by atoms with E-state index in [2.05, 4.69) is 15.1 Å². The summed E-state index contributed by atoms with van der Waals surface area (Å²) in [6.07, 6.45) is 5.15. The van der Waals surface area contributed by atoms with Crippen LogP contribution >= 0.6 is 23.2 Å². The summed E-state index contributed by atoms with van der Waals surface area (Å²) in [5.74, 6) is 0.985. The van der Waals surface area contributed by atoms with Crippen LogP contribution in [0.1, 0.15) is 0 Å². The van der Waals surface area contributed by atoms with Gasteiger partial charge in [-0.15, -0.1) is 0 Å². The fourth-order valence-electron chi connectivity index (χ4n) is 3.04. The highest BCUT2D eigenvalue weighted by atomic mass is 35.5. The average Bonchev–Trinajstić information content (AvgIpc) is 3.14. The van der Waals surface area contributed by atoms with Crippen molar-refractivity contribution in [2.45, 2.75) is 0 Å². The van der Waals surface area contributed by atoms with E-state index >= 15 is 0 Å². The van der Waals surface area contributed by atoms with Crippen molar-refractivity contribution >= 4 is 40.1 Å². The summed E-state index contributed by atoms with van der Waals surface area (Å²) >= 11 is 13.2. The topological polar surface area (TPSA) is 101 Å². The van der Waals surface area contributed by atoms with Crippen LogP contribution in [-0.4, -0.2) is 39.0 Å². The van der Waals surface area contributed by atoms with Crippen LogP contribution in [-0.2, 0) is 7.05 Å². The Morgan fingerprint density at radius 1 is 1.00 bits per heavy atom. The van der Waals surface area contributed by atoms with Gasteiger partial charge in [-0.25, -0.2) is 15.0 Å². The van der Waals surface area contributed by atoms with Crippen molar-refractivity contribution < 1.29 is 9.47 Å². The molecule has 0 bridgehead atoms. The number of rotatable bonds is 4. The van der Waals surface area contributed by atoms with Gasteiger partial charge in [0.05, 0.1) is 36.2 Å². The number of benzene rings is 1. The van der Waals surface area contributed by atoms with Crippen molar-refractivity contribution in [1.82, 2.24) is 24.7 Å². The van der Waals surface area contributed by atoms with Gasteiger partial charge in [0, 0.05) is 42.0 Å². The number of ether oxygens (including phenoxy) is 2. The number of pyridine rings is 1. The molecule has 3 aromatic heterocycles. The third kappa shape index (κ3) is 3.30. The molecule has 4 aromatic rings. The smallest absolute Gasteiger partial charge is 0.220 e. The molecular weight excluding hydrogens is 415 g/mol. The van der Waals surface area contributed by atoms with Crippen molar-refractivity contribution in [3.63, 3.8) is 0 Å². The van der Waals surface area contributed by atoms with Crippen molar-refractivity contribution in [2.24, 2.45) is 7.05 Å². The first-order valence-corrected chi connectivity index (χ1v) is 9.21. The van der Waals surface area contributed by atoms with E-state index in [-0.39, 0.29) is 5.95 Å². The maximum Gasteiger partial charge on any atom is 0.220 e. The van der Waals surface area contributed by atoms with Crippen molar-refractivity contribution in [3.8, 4) is 34.0 Å². The normalized spacial score (nSPS) is 11.1. The summed E-state index contributed by atoms with van der Waals surface area (Å²) in [6, 6.07) is 3.42. The van der Waals surface area contributed by atoms with E-state index in [0.29, 0.717) is 44.0 Å². The van der Waals surface area contributed by atoms with Crippen molar-refractivity contribution in [1.29, 1.82) is 0 Å². The minimum absolute atomic E-state index is 0.149. The lowest BCUT2D eigenvalue weighted by molar-refractivity contribution is 0.395. The first kappa shape index (κ1) is 19.2. The number of hydrogen-bond donors (Lipinski definition) is 1. The summed E-state index contributed by atoms with van der Waals surface area (Å²) in [6.45, 7) is 0. The molecule has 0 atom stereocenters. The first-order chi connectivity index (χ1) is 13.9. The molecule has 0 aliphatic carbocycles. The second kappa shape index (κ2) is 7.38. The van der Waals surface area contributed by atoms with Gasteiger partial charge in [0.1, 0.15) is 22.7 Å². The Labute approximate surface area is 176 Å². The average molecular weight is 431 g/mol. The summed E-state index contributed by atoms with van der Waals surface area (Å²) in [5.41, 5.74) is 8.73. The zero-order chi connectivity index (χ0) is 20.7. The summed E-state index contributed by atoms with van der Waals surface area (Å²) in [4.78, 5) is 13.2. The van der Waals surface area contributed by atoms with Gasteiger partial charge >= 0.3 is 0 Å². The standard InChI is InChI=1S/C19H16Cl2N6O2/c1-27-8-10(7-24-27)18-17-9(6-23-19(22)26-17)4-11(25-18)14-15(20)12(28-2)5-13(29-3)16(14)21/h4-8H,1-3H3,(H2,22,23,26). The van der Waals surface area contributed by atoms with E-state index in [1.807, 2.05) is 13.2 Å². The van der Waals surface area contributed by atoms with E-state index in [0.717, 1.165) is 10.9 Å². The van der Waals surface area contributed by atoms with Crippen LogP contribution in [0.4, 0.5) is 5.95 Å². The predicted molar refractivity (Wildman–Crippen MR) is 113 cm³/mol. The van der Waals surface area contributed by atoms with Crippen LogP contribution in [0.15, 0.2) is 30.7 Å². The molecule has 0 radical (unpaired) electrons. The monoisotopic (exact) mass is 430 g/mol. The Kier molecular flexibility index (Phi) is 4.89. The number of hydrogen-bond acceptors (Lipinski definition) is 7. The van der Waals surface area contributed by atoms with Crippen molar-refractivity contribution in [2.75, 3.05) is 20.0 Å². The van der Waals surface area contributed by atoms with Gasteiger partial charge in [-0.05, 0) is 6.07 Å². The molecule has 0 aliphatic heterocycles. The highest BCUT2D eigenvalue weighted by Gasteiger charge is 2.22. The summed E-state index contributed by atoms with van der Waals surface area (Å²) in [5, 5.41) is 5.58. The number of fused-ring (bicyclic) bond motifs is 1. The first-order valence-electron chi connectivity index (χ1n) is 8.45. The molecule has 148 valence electrons. The maximum atomic E-state index is 6.58. The van der Waals surface area contributed by atoms with Crippen LogP contribution < -0.4 is 15.2 Å². The highest BCUT2D eigenvalue weighted by molar-refractivity contribution is 6.41. The molecule has 0 aliphatic rings. The molecule has 0 fully saturated rings. The van der Waals surface area contributed by atoms with Gasteiger partial charge in [-0.1, -0.05) is 23.2 Å². The second-order valence-electron chi connectivity index (χ2n) is 6.21. The molecule has 4 rings (SSSR count). The third-order valence-corrected chi connectivity index (χ3v) is 5.14. The molecule has 3 heterocycles. The number of nitrogen functional groups attached to an aromatic ring is 1. The fraction of sp³-hybridized carbons (Fsp3) is 0.158. The lowest BCUT2D eigenvalue weighted by atomic mass is 10.1. The zero-order valence-electron chi connectivity index (χ0n) is 15.8. The Morgan fingerprint density at radius 2 is 1.69 bits per heavy atom. The number of nitrogens with two attached hydrogens (primary N) is 1. The molecular formula is C19H16Cl2N6O2. The van der Waals surface area contributed by atoms with Gasteiger partial charge in [0.15, 0.2) is 0 Å². The van der Waals surface area contributed by atoms with Crippen LogP contribution in [0.25, 0.3) is 33.4 Å². The number of anilines is 1. The molecule has 0 spiro atoms. The van der Waals surface area contributed by atoms with Crippen LogP contribution in [0.5, 0.6) is 11.5 Å².